The number of alkyl halides is 3. The summed E-state index contributed by atoms with van der Waals surface area (Å²) in [6.45, 7) is 0.551. The Bertz CT molecular complexity index is 278. The van der Waals surface area contributed by atoms with Gasteiger partial charge in [0.2, 0.25) is 5.91 Å². The quantitative estimate of drug-likeness (QED) is 0.803. The van der Waals surface area contributed by atoms with Gasteiger partial charge in [0.05, 0.1) is 12.2 Å². The Hall–Kier alpha value is -0.430. The highest BCUT2D eigenvalue weighted by atomic mass is 32.2. The van der Waals surface area contributed by atoms with Gasteiger partial charge in [0.25, 0.3) is 0 Å². The lowest BCUT2D eigenvalue weighted by Gasteiger charge is -2.15. The summed E-state index contributed by atoms with van der Waals surface area (Å²) >= 11 is -0.0787. The minimum Gasteiger partial charge on any atom is -0.327 e. The van der Waals surface area contributed by atoms with Crippen molar-refractivity contribution in [1.82, 2.24) is 10.2 Å². The molecule has 3 nitrogen and oxygen atoms in total. The molecule has 1 heterocycles. The summed E-state index contributed by atoms with van der Waals surface area (Å²) in [7, 11) is 0. The summed E-state index contributed by atoms with van der Waals surface area (Å²) in [5.41, 5.74) is -4.60. The van der Waals surface area contributed by atoms with Crippen LogP contribution in [-0.4, -0.2) is 40.8 Å². The number of nitrogens with zero attached hydrogens (tertiary/aromatic N) is 1. The fraction of sp³-hybridized carbons (Fsp3) is 0.875. The molecule has 0 bridgehead atoms. The lowest BCUT2D eigenvalue weighted by atomic mass is 10.3. The molecule has 0 atom stereocenters. The van der Waals surface area contributed by atoms with E-state index < -0.39 is 11.0 Å². The third kappa shape index (κ3) is 2.39. The van der Waals surface area contributed by atoms with Crippen LogP contribution in [0.2, 0.25) is 0 Å². The lowest BCUT2D eigenvalue weighted by Crippen LogP contribution is -2.33. The van der Waals surface area contributed by atoms with E-state index in [9.17, 15) is 18.0 Å². The molecule has 15 heavy (non-hydrogen) atoms. The Morgan fingerprint density at radius 1 is 1.47 bits per heavy atom. The van der Waals surface area contributed by atoms with Gasteiger partial charge in [0.1, 0.15) is 0 Å². The van der Waals surface area contributed by atoms with Crippen molar-refractivity contribution in [2.75, 3.05) is 19.0 Å². The number of hydrogen-bond donors (Lipinski definition) is 1. The van der Waals surface area contributed by atoms with E-state index >= 15 is 0 Å². The average molecular weight is 240 g/mol. The molecule has 86 valence electrons. The Labute approximate surface area is 89.4 Å². The largest absolute Gasteiger partial charge is 0.441 e. The SMILES string of the molecule is O=C1N(CCSC(F)(F)F)CNC12CC2. The van der Waals surface area contributed by atoms with Crippen molar-refractivity contribution in [2.45, 2.75) is 23.9 Å². The molecular weight excluding hydrogens is 229 g/mol. The van der Waals surface area contributed by atoms with Crippen LogP contribution in [0.1, 0.15) is 12.8 Å². The van der Waals surface area contributed by atoms with Gasteiger partial charge >= 0.3 is 5.51 Å². The van der Waals surface area contributed by atoms with Crippen LogP contribution in [0.5, 0.6) is 0 Å². The molecular formula is C8H11F3N2OS. The van der Waals surface area contributed by atoms with Gasteiger partial charge in [0.15, 0.2) is 0 Å². The van der Waals surface area contributed by atoms with E-state index in [2.05, 4.69) is 5.32 Å². The predicted molar refractivity (Wildman–Crippen MR) is 50.2 cm³/mol. The molecule has 1 spiro atoms. The Morgan fingerprint density at radius 2 is 2.13 bits per heavy atom. The van der Waals surface area contributed by atoms with Crippen LogP contribution >= 0.6 is 11.8 Å². The Balaban J connectivity index is 1.75. The molecule has 1 amide bonds. The highest BCUT2D eigenvalue weighted by Crippen LogP contribution is 2.40. The van der Waals surface area contributed by atoms with Crippen molar-refractivity contribution in [3.05, 3.63) is 0 Å². The fourth-order valence-corrected chi connectivity index (χ4v) is 2.21. The van der Waals surface area contributed by atoms with E-state index in [0.29, 0.717) is 6.67 Å². The van der Waals surface area contributed by atoms with Crippen molar-refractivity contribution >= 4 is 17.7 Å². The maximum Gasteiger partial charge on any atom is 0.441 e. The smallest absolute Gasteiger partial charge is 0.327 e. The van der Waals surface area contributed by atoms with E-state index in [1.54, 1.807) is 0 Å². The molecule has 0 radical (unpaired) electrons. The molecule has 0 aromatic rings. The number of amides is 1. The normalized spacial score (nSPS) is 23.9. The number of nitrogens with one attached hydrogen (secondary N) is 1. The Morgan fingerprint density at radius 3 is 2.60 bits per heavy atom. The molecule has 2 rings (SSSR count). The van der Waals surface area contributed by atoms with Gasteiger partial charge in [-0.15, -0.1) is 0 Å². The van der Waals surface area contributed by atoms with E-state index in [1.807, 2.05) is 0 Å². The number of rotatable bonds is 3. The zero-order valence-electron chi connectivity index (χ0n) is 7.93. The second-order valence-corrected chi connectivity index (χ2v) is 4.94. The Kier molecular flexibility index (Phi) is 2.62. The number of carbonyl (C=O) groups is 1. The van der Waals surface area contributed by atoms with E-state index in [1.165, 1.54) is 4.90 Å². The van der Waals surface area contributed by atoms with Crippen molar-refractivity contribution in [1.29, 1.82) is 0 Å². The van der Waals surface area contributed by atoms with E-state index in [-0.39, 0.29) is 30.0 Å². The number of halogens is 3. The molecule has 7 heteroatoms. The number of thioether (sulfide) groups is 1. The van der Waals surface area contributed by atoms with Crippen molar-refractivity contribution < 1.29 is 18.0 Å². The first kappa shape index (κ1) is 11.1. The molecule has 0 aromatic heterocycles. The zero-order chi connectivity index (χ0) is 11.1. The van der Waals surface area contributed by atoms with Crippen LogP contribution in [0, 0.1) is 0 Å². The summed E-state index contributed by atoms with van der Waals surface area (Å²) in [5, 5.41) is 3.04. The molecule has 1 saturated heterocycles. The lowest BCUT2D eigenvalue weighted by molar-refractivity contribution is -0.129. The molecule has 2 aliphatic rings. The second-order valence-electron chi connectivity index (χ2n) is 3.78. The molecule has 2 fully saturated rings. The first-order valence-corrected chi connectivity index (χ1v) is 5.67. The van der Waals surface area contributed by atoms with Crippen LogP contribution in [0.3, 0.4) is 0 Å². The highest BCUT2D eigenvalue weighted by Gasteiger charge is 2.55. The van der Waals surface area contributed by atoms with Gasteiger partial charge < -0.3 is 4.90 Å². The molecule has 1 N–H and O–H groups in total. The molecule has 1 aliphatic carbocycles. The van der Waals surface area contributed by atoms with Crippen molar-refractivity contribution in [3.8, 4) is 0 Å². The molecule has 1 aliphatic heterocycles. The van der Waals surface area contributed by atoms with Crippen molar-refractivity contribution in [3.63, 3.8) is 0 Å². The van der Waals surface area contributed by atoms with Gasteiger partial charge in [-0.2, -0.15) is 13.2 Å². The maximum atomic E-state index is 11.8. The van der Waals surface area contributed by atoms with E-state index in [4.69, 9.17) is 0 Å². The first-order chi connectivity index (χ1) is 6.93. The van der Waals surface area contributed by atoms with Crippen LogP contribution in [-0.2, 0) is 4.79 Å². The third-order valence-electron chi connectivity index (χ3n) is 2.68. The number of carbonyl (C=O) groups excluding carboxylic acids is 1. The van der Waals surface area contributed by atoms with Gasteiger partial charge in [-0.05, 0) is 24.6 Å². The molecule has 0 aromatic carbocycles. The van der Waals surface area contributed by atoms with Crippen LogP contribution in [0.15, 0.2) is 0 Å². The van der Waals surface area contributed by atoms with Gasteiger partial charge in [-0.3, -0.25) is 10.1 Å². The van der Waals surface area contributed by atoms with Crippen LogP contribution in [0.4, 0.5) is 13.2 Å². The topological polar surface area (TPSA) is 32.3 Å². The van der Waals surface area contributed by atoms with Crippen LogP contribution in [0.25, 0.3) is 0 Å². The van der Waals surface area contributed by atoms with Gasteiger partial charge in [0, 0.05) is 12.3 Å². The monoisotopic (exact) mass is 240 g/mol. The molecule has 0 unspecified atom stereocenters. The second kappa shape index (κ2) is 3.55. The summed E-state index contributed by atoms with van der Waals surface area (Å²) in [6.07, 6.45) is 1.63. The standard InChI is InChI=1S/C8H11F3N2OS/c9-8(10,11)15-4-3-13-5-12-7(1-2-7)6(13)14/h12H,1-5H2. The third-order valence-corrected chi connectivity index (χ3v) is 3.40. The number of hydrogen-bond acceptors (Lipinski definition) is 3. The summed E-state index contributed by atoms with van der Waals surface area (Å²) in [5.74, 6) is -0.127. The van der Waals surface area contributed by atoms with Gasteiger partial charge in [-0.25, -0.2) is 0 Å². The average Bonchev–Trinajstić information content (AvgIpc) is 2.82. The minimum absolute atomic E-state index is 0.0368. The summed E-state index contributed by atoms with van der Waals surface area (Å²) in [6, 6.07) is 0. The summed E-state index contributed by atoms with van der Waals surface area (Å²) < 4.78 is 35.5. The molecule has 1 saturated carbocycles. The first-order valence-electron chi connectivity index (χ1n) is 4.68. The van der Waals surface area contributed by atoms with E-state index in [0.717, 1.165) is 12.8 Å². The summed E-state index contributed by atoms with van der Waals surface area (Å²) in [4.78, 5) is 13.1. The maximum absolute atomic E-state index is 11.8. The highest BCUT2D eigenvalue weighted by molar-refractivity contribution is 8.00. The van der Waals surface area contributed by atoms with Crippen molar-refractivity contribution in [2.24, 2.45) is 0 Å². The van der Waals surface area contributed by atoms with Crippen LogP contribution < -0.4 is 5.32 Å². The predicted octanol–water partition coefficient (Wildman–Crippen LogP) is 1.16. The van der Waals surface area contributed by atoms with Gasteiger partial charge in [-0.1, -0.05) is 0 Å². The zero-order valence-corrected chi connectivity index (χ0v) is 8.75. The fourth-order valence-electron chi connectivity index (χ4n) is 1.66. The minimum atomic E-state index is -4.20.